The Bertz CT molecular complexity index is 450. The fourth-order valence-electron chi connectivity index (χ4n) is 0.948. The monoisotopic (exact) mass is 240 g/mol. The summed E-state index contributed by atoms with van der Waals surface area (Å²) in [5, 5.41) is 7.36. The molecule has 2 rings (SSSR count). The molecular weight excluding hydrogens is 232 g/mol. The topological polar surface area (TPSA) is 51.2 Å². The highest BCUT2D eigenvalue weighted by Gasteiger charge is 2.07. The van der Waals surface area contributed by atoms with Gasteiger partial charge in [0.2, 0.25) is 0 Å². The molecule has 0 radical (unpaired) electrons. The molecule has 4 nitrogen and oxygen atoms in total. The van der Waals surface area contributed by atoms with Crippen molar-refractivity contribution in [2.75, 3.05) is 5.32 Å². The number of nitrogens with one attached hydrogen (secondary N) is 1. The van der Waals surface area contributed by atoms with Crippen LogP contribution < -0.4 is 10.1 Å². The van der Waals surface area contributed by atoms with Gasteiger partial charge in [0.25, 0.3) is 0 Å². The number of amides is 1. The van der Waals surface area contributed by atoms with Gasteiger partial charge in [0.1, 0.15) is 0 Å². The summed E-state index contributed by atoms with van der Waals surface area (Å²) in [6.07, 6.45) is 1.11. The number of carbonyl (C=O) groups excluding carboxylic acids is 1. The van der Waals surface area contributed by atoms with Crippen molar-refractivity contribution in [3.63, 3.8) is 0 Å². The van der Waals surface area contributed by atoms with Gasteiger partial charge >= 0.3 is 6.09 Å². The Morgan fingerprint density at radius 3 is 3.00 bits per heavy atom. The first-order valence-corrected chi connectivity index (χ1v) is 5.93. The second-order valence-electron chi connectivity index (χ2n) is 2.79. The number of anilines is 1. The van der Waals surface area contributed by atoms with Crippen LogP contribution in [0.1, 0.15) is 5.56 Å². The summed E-state index contributed by atoms with van der Waals surface area (Å²) < 4.78 is 5.04. The first-order chi connectivity index (χ1) is 7.24. The Morgan fingerprint density at radius 2 is 2.40 bits per heavy atom. The minimum atomic E-state index is -0.508. The number of hydrogen-bond acceptors (Lipinski definition) is 5. The number of ether oxygens (including phenoxy) is 1. The van der Waals surface area contributed by atoms with Gasteiger partial charge < -0.3 is 4.74 Å². The SMILES string of the molecule is Cc1csc(OC(=O)Nc2nccs2)c1. The van der Waals surface area contributed by atoms with E-state index in [2.05, 4.69) is 10.3 Å². The molecule has 0 aliphatic carbocycles. The summed E-state index contributed by atoms with van der Waals surface area (Å²) >= 11 is 2.74. The molecule has 78 valence electrons. The van der Waals surface area contributed by atoms with Crippen LogP contribution in [0.4, 0.5) is 9.93 Å². The summed E-state index contributed by atoms with van der Waals surface area (Å²) in [5.74, 6) is 0. The molecule has 6 heteroatoms. The molecule has 1 amide bonds. The van der Waals surface area contributed by atoms with Gasteiger partial charge in [0.15, 0.2) is 10.2 Å². The van der Waals surface area contributed by atoms with Crippen LogP contribution in [0.25, 0.3) is 0 Å². The average molecular weight is 240 g/mol. The van der Waals surface area contributed by atoms with E-state index in [-0.39, 0.29) is 0 Å². The van der Waals surface area contributed by atoms with E-state index in [1.807, 2.05) is 18.4 Å². The van der Waals surface area contributed by atoms with Crippen molar-refractivity contribution in [2.45, 2.75) is 6.92 Å². The lowest BCUT2D eigenvalue weighted by molar-refractivity contribution is 0.216. The zero-order valence-corrected chi connectivity index (χ0v) is 9.52. The number of nitrogens with zero attached hydrogens (tertiary/aromatic N) is 1. The van der Waals surface area contributed by atoms with Gasteiger partial charge in [0, 0.05) is 11.6 Å². The molecule has 0 aliphatic rings. The normalized spacial score (nSPS) is 9.93. The molecule has 0 atom stereocenters. The number of rotatable bonds is 2. The zero-order valence-electron chi connectivity index (χ0n) is 7.89. The number of thiophene rings is 1. The number of aryl methyl sites for hydroxylation is 1. The first kappa shape index (κ1) is 10.1. The molecule has 2 aromatic rings. The lowest BCUT2D eigenvalue weighted by atomic mass is 10.4. The lowest BCUT2D eigenvalue weighted by Gasteiger charge is -2.00. The predicted molar refractivity (Wildman–Crippen MR) is 60.8 cm³/mol. The molecule has 0 fully saturated rings. The number of carbonyl (C=O) groups is 1. The Kier molecular flexibility index (Phi) is 2.98. The highest BCUT2D eigenvalue weighted by molar-refractivity contribution is 7.13. The van der Waals surface area contributed by atoms with Crippen molar-refractivity contribution in [1.82, 2.24) is 4.98 Å². The third-order valence-electron chi connectivity index (χ3n) is 1.54. The van der Waals surface area contributed by atoms with E-state index in [9.17, 15) is 4.79 Å². The minimum absolute atomic E-state index is 0.508. The summed E-state index contributed by atoms with van der Waals surface area (Å²) in [6.45, 7) is 1.95. The number of thiazole rings is 1. The maximum Gasteiger partial charge on any atom is 0.419 e. The molecule has 0 aliphatic heterocycles. The van der Waals surface area contributed by atoms with E-state index in [1.165, 1.54) is 22.7 Å². The van der Waals surface area contributed by atoms with Crippen molar-refractivity contribution in [3.8, 4) is 5.06 Å². The van der Waals surface area contributed by atoms with Gasteiger partial charge in [-0.25, -0.2) is 9.78 Å². The van der Waals surface area contributed by atoms with Crippen molar-refractivity contribution in [3.05, 3.63) is 28.6 Å². The molecule has 0 bridgehead atoms. The standard InChI is InChI=1S/C9H8N2O2S2/c1-6-4-7(15-5-6)13-9(12)11-8-10-2-3-14-8/h2-5H,1H3,(H,10,11,12). The van der Waals surface area contributed by atoms with Crippen LogP contribution in [0.15, 0.2) is 23.0 Å². The molecule has 0 aromatic carbocycles. The summed E-state index contributed by atoms with van der Waals surface area (Å²) in [5.41, 5.74) is 1.08. The van der Waals surface area contributed by atoms with E-state index in [1.54, 1.807) is 11.6 Å². The second kappa shape index (κ2) is 4.41. The van der Waals surface area contributed by atoms with Gasteiger partial charge in [-0.15, -0.1) is 22.7 Å². The third kappa shape index (κ3) is 2.77. The molecule has 15 heavy (non-hydrogen) atoms. The van der Waals surface area contributed by atoms with Gasteiger partial charge in [-0.3, -0.25) is 5.32 Å². The maximum atomic E-state index is 11.3. The van der Waals surface area contributed by atoms with Crippen molar-refractivity contribution >= 4 is 33.9 Å². The minimum Gasteiger partial charge on any atom is -0.399 e. The van der Waals surface area contributed by atoms with E-state index in [0.717, 1.165) is 5.56 Å². The van der Waals surface area contributed by atoms with Gasteiger partial charge in [-0.1, -0.05) is 0 Å². The zero-order chi connectivity index (χ0) is 10.7. The Balaban J connectivity index is 1.93. The molecule has 1 N–H and O–H groups in total. The molecule has 0 saturated carbocycles. The van der Waals surface area contributed by atoms with Gasteiger partial charge in [-0.2, -0.15) is 0 Å². The Hall–Kier alpha value is -1.40. The van der Waals surface area contributed by atoms with Gasteiger partial charge in [-0.05, 0) is 23.9 Å². The van der Waals surface area contributed by atoms with Crippen LogP contribution >= 0.6 is 22.7 Å². The van der Waals surface area contributed by atoms with E-state index >= 15 is 0 Å². The maximum absolute atomic E-state index is 11.3. The van der Waals surface area contributed by atoms with E-state index in [4.69, 9.17) is 4.74 Å². The summed E-state index contributed by atoms with van der Waals surface area (Å²) in [4.78, 5) is 15.2. The molecule has 0 spiro atoms. The van der Waals surface area contributed by atoms with Crippen molar-refractivity contribution in [2.24, 2.45) is 0 Å². The molecule has 2 heterocycles. The molecule has 0 unspecified atom stereocenters. The van der Waals surface area contributed by atoms with E-state index < -0.39 is 6.09 Å². The van der Waals surface area contributed by atoms with Crippen molar-refractivity contribution in [1.29, 1.82) is 0 Å². The highest BCUT2D eigenvalue weighted by atomic mass is 32.1. The predicted octanol–water partition coefficient (Wildman–Crippen LogP) is 3.12. The Morgan fingerprint density at radius 1 is 1.53 bits per heavy atom. The highest BCUT2D eigenvalue weighted by Crippen LogP contribution is 2.22. The largest absolute Gasteiger partial charge is 0.419 e. The smallest absolute Gasteiger partial charge is 0.399 e. The second-order valence-corrected chi connectivity index (χ2v) is 4.56. The van der Waals surface area contributed by atoms with Crippen LogP contribution in [0, 0.1) is 6.92 Å². The molecular formula is C9H8N2O2S2. The first-order valence-electron chi connectivity index (χ1n) is 4.17. The van der Waals surface area contributed by atoms with Crippen LogP contribution in [-0.2, 0) is 0 Å². The van der Waals surface area contributed by atoms with Crippen LogP contribution in [0.5, 0.6) is 5.06 Å². The third-order valence-corrected chi connectivity index (χ3v) is 3.15. The molecule has 0 saturated heterocycles. The fourth-order valence-corrected chi connectivity index (χ4v) is 2.21. The lowest BCUT2D eigenvalue weighted by Crippen LogP contribution is -2.15. The van der Waals surface area contributed by atoms with Crippen molar-refractivity contribution < 1.29 is 9.53 Å². The van der Waals surface area contributed by atoms with Crippen LogP contribution in [0.3, 0.4) is 0 Å². The van der Waals surface area contributed by atoms with Crippen LogP contribution in [-0.4, -0.2) is 11.1 Å². The number of aromatic nitrogens is 1. The summed E-state index contributed by atoms with van der Waals surface area (Å²) in [7, 11) is 0. The van der Waals surface area contributed by atoms with Gasteiger partial charge in [0.05, 0.1) is 0 Å². The summed E-state index contributed by atoms with van der Waals surface area (Å²) in [6, 6.07) is 1.81. The quantitative estimate of drug-likeness (QED) is 0.877. The number of hydrogen-bond donors (Lipinski definition) is 1. The van der Waals surface area contributed by atoms with E-state index in [0.29, 0.717) is 10.2 Å². The van der Waals surface area contributed by atoms with Crippen LogP contribution in [0.2, 0.25) is 0 Å². The molecule has 2 aromatic heterocycles. The average Bonchev–Trinajstić information content (AvgIpc) is 2.77. The Labute approximate surface area is 94.5 Å². The fraction of sp³-hybridized carbons (Fsp3) is 0.111.